The van der Waals surface area contributed by atoms with Crippen LogP contribution in [0, 0.1) is 6.92 Å². The van der Waals surface area contributed by atoms with Crippen LogP contribution in [-0.2, 0) is 15.3 Å². The van der Waals surface area contributed by atoms with E-state index in [0.29, 0.717) is 13.0 Å². The first-order chi connectivity index (χ1) is 9.00. The molecule has 0 bridgehead atoms. The Morgan fingerprint density at radius 1 is 1.35 bits per heavy atom. The minimum absolute atomic E-state index is 0.0731. The van der Waals surface area contributed by atoms with Crippen LogP contribution in [0.5, 0.6) is 0 Å². The number of sulfone groups is 1. The van der Waals surface area contributed by atoms with Gasteiger partial charge in [-0.05, 0) is 26.8 Å². The molecule has 1 N–H and O–H groups in total. The number of nitrogens with zero attached hydrogens (tertiary/aromatic N) is 1. The standard InChI is InChI=1S/C14H26N2O2S2/c1-10(15-8-7-9-20(6,17)18)12-11(2)16-13(19-12)14(3,4)5/h10,15H,7-9H2,1-6H3. The Labute approximate surface area is 126 Å². The van der Waals surface area contributed by atoms with Gasteiger partial charge in [-0.2, -0.15) is 0 Å². The number of thiazole rings is 1. The summed E-state index contributed by atoms with van der Waals surface area (Å²) in [4.78, 5) is 5.90. The van der Waals surface area contributed by atoms with Crippen molar-refractivity contribution in [2.24, 2.45) is 0 Å². The molecule has 0 fully saturated rings. The maximum atomic E-state index is 11.1. The van der Waals surface area contributed by atoms with Crippen molar-refractivity contribution in [1.29, 1.82) is 0 Å². The number of aryl methyl sites for hydroxylation is 1. The highest BCUT2D eigenvalue weighted by Gasteiger charge is 2.22. The Morgan fingerprint density at radius 3 is 2.40 bits per heavy atom. The fourth-order valence-corrected chi connectivity index (χ4v) is 3.70. The molecule has 0 radical (unpaired) electrons. The first kappa shape index (κ1) is 17.6. The van der Waals surface area contributed by atoms with Gasteiger partial charge in [-0.1, -0.05) is 20.8 Å². The van der Waals surface area contributed by atoms with E-state index in [9.17, 15) is 8.42 Å². The SMILES string of the molecule is Cc1nc(C(C)(C)C)sc1C(C)NCCCS(C)(=O)=O. The van der Waals surface area contributed by atoms with Crippen LogP contribution in [-0.4, -0.2) is 32.0 Å². The highest BCUT2D eigenvalue weighted by Crippen LogP contribution is 2.32. The van der Waals surface area contributed by atoms with E-state index in [1.807, 2.05) is 6.92 Å². The number of rotatable bonds is 6. The summed E-state index contributed by atoms with van der Waals surface area (Å²) in [6.45, 7) is 11.3. The van der Waals surface area contributed by atoms with Gasteiger partial charge in [0.05, 0.1) is 16.5 Å². The molecular weight excluding hydrogens is 292 g/mol. The molecule has 1 aromatic heterocycles. The van der Waals surface area contributed by atoms with Crippen molar-refractivity contribution in [3.05, 3.63) is 15.6 Å². The summed E-state index contributed by atoms with van der Waals surface area (Å²) in [7, 11) is -2.86. The molecule has 0 aromatic carbocycles. The van der Waals surface area contributed by atoms with Crippen molar-refractivity contribution in [3.8, 4) is 0 Å². The molecule has 0 aliphatic heterocycles. The normalized spacial score (nSPS) is 14.5. The van der Waals surface area contributed by atoms with Gasteiger partial charge in [-0.25, -0.2) is 13.4 Å². The fraction of sp³-hybridized carbons (Fsp3) is 0.786. The van der Waals surface area contributed by atoms with Gasteiger partial charge in [0.15, 0.2) is 0 Å². The number of aromatic nitrogens is 1. The fourth-order valence-electron chi connectivity index (χ4n) is 1.88. The zero-order valence-corrected chi connectivity index (χ0v) is 14.9. The van der Waals surface area contributed by atoms with Crippen molar-refractivity contribution in [3.63, 3.8) is 0 Å². The Bertz CT molecular complexity index is 542. The van der Waals surface area contributed by atoms with Gasteiger partial charge >= 0.3 is 0 Å². The van der Waals surface area contributed by atoms with Crippen LogP contribution >= 0.6 is 11.3 Å². The van der Waals surface area contributed by atoms with Crippen LogP contribution in [0.4, 0.5) is 0 Å². The van der Waals surface area contributed by atoms with E-state index in [4.69, 9.17) is 0 Å². The zero-order valence-electron chi connectivity index (χ0n) is 13.3. The van der Waals surface area contributed by atoms with Crippen molar-refractivity contribution in [2.75, 3.05) is 18.6 Å². The van der Waals surface area contributed by atoms with Crippen LogP contribution in [0.2, 0.25) is 0 Å². The molecule has 1 atom stereocenters. The van der Waals surface area contributed by atoms with E-state index < -0.39 is 9.84 Å². The van der Waals surface area contributed by atoms with Crippen molar-refractivity contribution < 1.29 is 8.42 Å². The third-order valence-electron chi connectivity index (χ3n) is 3.01. The number of hydrogen-bond acceptors (Lipinski definition) is 5. The van der Waals surface area contributed by atoms with E-state index in [2.05, 4.69) is 38.0 Å². The summed E-state index contributed by atoms with van der Waals surface area (Å²) in [6, 6.07) is 0.211. The summed E-state index contributed by atoms with van der Waals surface area (Å²) >= 11 is 1.75. The van der Waals surface area contributed by atoms with Gasteiger partial charge in [0, 0.05) is 22.6 Å². The molecule has 0 amide bonds. The van der Waals surface area contributed by atoms with Crippen molar-refractivity contribution in [1.82, 2.24) is 10.3 Å². The largest absolute Gasteiger partial charge is 0.309 e. The minimum Gasteiger partial charge on any atom is -0.309 e. The molecule has 1 unspecified atom stereocenters. The first-order valence-corrected chi connectivity index (χ1v) is 9.77. The summed E-state index contributed by atoms with van der Waals surface area (Å²) in [5.41, 5.74) is 1.15. The van der Waals surface area contributed by atoms with E-state index in [1.54, 1.807) is 11.3 Å². The number of nitrogens with one attached hydrogen (secondary N) is 1. The van der Waals surface area contributed by atoms with Crippen LogP contribution in [0.3, 0.4) is 0 Å². The lowest BCUT2D eigenvalue weighted by atomic mass is 9.98. The molecule has 1 aromatic rings. The van der Waals surface area contributed by atoms with Crippen LogP contribution in [0.25, 0.3) is 0 Å². The third kappa shape index (κ3) is 5.50. The van der Waals surface area contributed by atoms with Gasteiger partial charge in [0.25, 0.3) is 0 Å². The minimum atomic E-state index is -2.86. The maximum Gasteiger partial charge on any atom is 0.147 e. The second kappa shape index (κ2) is 6.54. The van der Waals surface area contributed by atoms with Gasteiger partial charge in [-0.15, -0.1) is 11.3 Å². The second-order valence-corrected chi connectivity index (χ2v) is 9.67. The van der Waals surface area contributed by atoms with Crippen LogP contribution in [0.1, 0.15) is 55.7 Å². The summed E-state index contributed by atoms with van der Waals surface area (Å²) in [6.07, 6.45) is 1.92. The molecule has 1 heterocycles. The van der Waals surface area contributed by atoms with Gasteiger partial charge in [-0.3, -0.25) is 0 Å². The Balaban J connectivity index is 2.60. The van der Waals surface area contributed by atoms with Crippen LogP contribution in [0.15, 0.2) is 0 Å². The van der Waals surface area contributed by atoms with Crippen LogP contribution < -0.4 is 5.32 Å². The molecule has 0 aliphatic rings. The summed E-state index contributed by atoms with van der Waals surface area (Å²) in [5, 5.41) is 4.53. The summed E-state index contributed by atoms with van der Waals surface area (Å²) in [5.74, 6) is 0.238. The second-order valence-electron chi connectivity index (χ2n) is 6.38. The summed E-state index contributed by atoms with van der Waals surface area (Å²) < 4.78 is 22.2. The third-order valence-corrected chi connectivity index (χ3v) is 5.81. The molecule has 1 rings (SSSR count). The zero-order chi connectivity index (χ0) is 15.6. The smallest absolute Gasteiger partial charge is 0.147 e. The lowest BCUT2D eigenvalue weighted by Crippen LogP contribution is -2.21. The Morgan fingerprint density at radius 2 is 1.95 bits per heavy atom. The predicted molar refractivity (Wildman–Crippen MR) is 86.3 cm³/mol. The molecule has 0 saturated carbocycles. The van der Waals surface area contributed by atoms with Crippen molar-refractivity contribution >= 4 is 21.2 Å². The number of hydrogen-bond donors (Lipinski definition) is 1. The molecule has 0 spiro atoms. The lowest BCUT2D eigenvalue weighted by molar-refractivity contribution is 0.565. The molecule has 4 nitrogen and oxygen atoms in total. The van der Waals surface area contributed by atoms with Gasteiger partial charge in [0.1, 0.15) is 9.84 Å². The van der Waals surface area contributed by atoms with Gasteiger partial charge in [0.2, 0.25) is 0 Å². The molecule has 20 heavy (non-hydrogen) atoms. The quantitative estimate of drug-likeness (QED) is 0.819. The molecule has 0 saturated heterocycles. The predicted octanol–water partition coefficient (Wildman–Crippen LogP) is 2.83. The van der Waals surface area contributed by atoms with E-state index in [-0.39, 0.29) is 17.2 Å². The Kier molecular flexibility index (Phi) is 5.75. The van der Waals surface area contributed by atoms with E-state index in [1.165, 1.54) is 11.1 Å². The van der Waals surface area contributed by atoms with E-state index in [0.717, 1.165) is 10.7 Å². The Hall–Kier alpha value is -0.460. The van der Waals surface area contributed by atoms with Crippen molar-refractivity contribution in [2.45, 2.75) is 52.5 Å². The lowest BCUT2D eigenvalue weighted by Gasteiger charge is -2.14. The highest BCUT2D eigenvalue weighted by molar-refractivity contribution is 7.90. The molecule has 0 aliphatic carbocycles. The highest BCUT2D eigenvalue weighted by atomic mass is 32.2. The molecular formula is C14H26N2O2S2. The maximum absolute atomic E-state index is 11.1. The first-order valence-electron chi connectivity index (χ1n) is 6.89. The molecule has 6 heteroatoms. The van der Waals surface area contributed by atoms with Gasteiger partial charge < -0.3 is 5.32 Å². The average Bonchev–Trinajstić information content (AvgIpc) is 2.65. The topological polar surface area (TPSA) is 59.1 Å². The average molecular weight is 319 g/mol. The molecule has 116 valence electrons. The van der Waals surface area contributed by atoms with E-state index >= 15 is 0 Å². The monoisotopic (exact) mass is 318 g/mol.